The molecule has 0 unspecified atom stereocenters. The van der Waals surface area contributed by atoms with E-state index in [2.05, 4.69) is 157 Å². The lowest BCUT2D eigenvalue weighted by Crippen LogP contribution is -2.29. The van der Waals surface area contributed by atoms with Crippen molar-refractivity contribution in [1.29, 1.82) is 5.26 Å². The van der Waals surface area contributed by atoms with Crippen LogP contribution in [0.3, 0.4) is 0 Å². The lowest BCUT2D eigenvalue weighted by atomic mass is 9.65. The molecule has 0 N–H and O–H groups in total. The van der Waals surface area contributed by atoms with Crippen molar-refractivity contribution >= 4 is 0 Å². The quantitative estimate of drug-likeness (QED) is 0.181. The fourth-order valence-corrected chi connectivity index (χ4v) is 9.12. The highest BCUT2D eigenvalue weighted by molar-refractivity contribution is 5.98. The molecule has 2 aliphatic carbocycles. The molecule has 264 valence electrons. The number of nitriles is 1. The summed E-state index contributed by atoms with van der Waals surface area (Å²) in [6.07, 6.45) is 1.81. The van der Waals surface area contributed by atoms with Crippen LogP contribution in [0.4, 0.5) is 0 Å². The van der Waals surface area contributed by atoms with Gasteiger partial charge in [0.25, 0.3) is 0 Å². The first kappa shape index (κ1) is 32.7. The summed E-state index contributed by atoms with van der Waals surface area (Å²) in [7, 11) is 0. The summed E-state index contributed by atoms with van der Waals surface area (Å²) >= 11 is 0. The van der Waals surface area contributed by atoms with E-state index in [4.69, 9.17) is 9.97 Å². The minimum atomic E-state index is -0.596. The van der Waals surface area contributed by atoms with Crippen LogP contribution in [0.15, 0.2) is 194 Å². The number of hydrogen-bond acceptors (Lipinski definition) is 4. The first-order valence-corrected chi connectivity index (χ1v) is 19.2. The van der Waals surface area contributed by atoms with Crippen molar-refractivity contribution in [2.75, 3.05) is 0 Å². The second-order valence-corrected chi connectivity index (χ2v) is 14.6. The third-order valence-corrected chi connectivity index (χ3v) is 11.6. The van der Waals surface area contributed by atoms with Crippen LogP contribution in [-0.2, 0) is 5.41 Å². The van der Waals surface area contributed by atoms with Gasteiger partial charge in [0.15, 0.2) is 5.82 Å². The van der Waals surface area contributed by atoms with E-state index in [0.717, 1.165) is 39.3 Å². The largest absolute Gasteiger partial charge is 0.256 e. The highest BCUT2D eigenvalue weighted by Gasteiger charge is 2.49. The van der Waals surface area contributed by atoms with Gasteiger partial charge in [0, 0.05) is 28.5 Å². The van der Waals surface area contributed by atoms with Crippen LogP contribution in [0.2, 0.25) is 0 Å². The van der Waals surface area contributed by atoms with E-state index in [-0.39, 0.29) is 0 Å². The molecule has 2 heterocycles. The summed E-state index contributed by atoms with van der Waals surface area (Å²) in [5.74, 6) is 0.622. The van der Waals surface area contributed by atoms with Crippen LogP contribution in [-0.4, -0.2) is 15.0 Å². The Hall–Kier alpha value is -7.74. The SMILES string of the molecule is N#Cc1ccc(-c2cc(-c3ccc4c(c3)C3(c5ccccc5-c5ccccc5-4)c4ccccc4-c4ccccc43)nc(-c3ccc(-c4ccccn4)cc3)n2)cc1. The molecule has 4 nitrogen and oxygen atoms in total. The lowest BCUT2D eigenvalue weighted by Gasteiger charge is -2.35. The maximum atomic E-state index is 9.56. The summed E-state index contributed by atoms with van der Waals surface area (Å²) < 4.78 is 0. The molecular weight excluding hydrogens is 693 g/mol. The summed E-state index contributed by atoms with van der Waals surface area (Å²) in [5, 5.41) is 9.56. The minimum Gasteiger partial charge on any atom is -0.256 e. The zero-order valence-corrected chi connectivity index (χ0v) is 30.8. The minimum absolute atomic E-state index is 0.596. The van der Waals surface area contributed by atoms with E-state index in [1.165, 1.54) is 55.6 Å². The van der Waals surface area contributed by atoms with Crippen molar-refractivity contribution in [2.24, 2.45) is 0 Å². The van der Waals surface area contributed by atoms with Crippen LogP contribution in [0.25, 0.3) is 78.5 Å². The molecule has 2 aromatic heterocycles. The molecule has 0 saturated heterocycles. The van der Waals surface area contributed by atoms with Crippen LogP contribution >= 0.6 is 0 Å². The highest BCUT2D eigenvalue weighted by atomic mass is 14.9. The summed E-state index contributed by atoms with van der Waals surface area (Å²) in [4.78, 5) is 15.0. The zero-order valence-electron chi connectivity index (χ0n) is 30.8. The lowest BCUT2D eigenvalue weighted by molar-refractivity contribution is 0.775. The van der Waals surface area contributed by atoms with E-state index in [9.17, 15) is 5.26 Å². The molecule has 0 atom stereocenters. The molecule has 0 saturated carbocycles. The number of rotatable bonds is 4. The van der Waals surface area contributed by atoms with Crippen molar-refractivity contribution in [2.45, 2.75) is 5.41 Å². The Labute approximate surface area is 331 Å². The summed E-state index contributed by atoms with van der Waals surface area (Å²) in [5.41, 5.74) is 18.8. The van der Waals surface area contributed by atoms with E-state index in [0.29, 0.717) is 11.4 Å². The van der Waals surface area contributed by atoms with Crippen LogP contribution in [0.5, 0.6) is 0 Å². The van der Waals surface area contributed by atoms with E-state index in [1.54, 1.807) is 0 Å². The molecule has 0 aliphatic heterocycles. The zero-order chi connectivity index (χ0) is 37.9. The first-order valence-electron chi connectivity index (χ1n) is 19.2. The normalized spacial score (nSPS) is 12.7. The molecule has 4 heteroatoms. The fourth-order valence-electron chi connectivity index (χ4n) is 9.12. The van der Waals surface area contributed by atoms with Crippen molar-refractivity contribution in [3.8, 4) is 84.6 Å². The molecule has 9 aromatic rings. The third kappa shape index (κ3) is 5.03. The van der Waals surface area contributed by atoms with E-state index < -0.39 is 5.41 Å². The van der Waals surface area contributed by atoms with Crippen molar-refractivity contribution in [1.82, 2.24) is 15.0 Å². The molecular formula is C53H32N4. The number of pyridine rings is 1. The standard InChI is InChI=1S/C53H32N4/c54-33-34-20-22-36(23-21-34)50-32-51(57-52(56-50)37-26-24-35(25-27-37)49-19-9-10-30-55-49)38-28-29-44-40-12-2-1-11-39(40)41-13-3-6-16-45(41)53(48(44)31-38)46-17-7-4-14-42(46)43-15-5-8-18-47(43)53/h1-32H. The number of hydrogen-bond donors (Lipinski definition) is 0. The van der Waals surface area contributed by atoms with Gasteiger partial charge in [-0.05, 0) is 92.0 Å². The van der Waals surface area contributed by atoms with Gasteiger partial charge < -0.3 is 0 Å². The van der Waals surface area contributed by atoms with Gasteiger partial charge in [-0.2, -0.15) is 5.26 Å². The van der Waals surface area contributed by atoms with Gasteiger partial charge in [0.05, 0.1) is 34.1 Å². The highest BCUT2D eigenvalue weighted by Crippen LogP contribution is 2.61. The molecule has 57 heavy (non-hydrogen) atoms. The number of benzene rings is 7. The number of nitrogens with zero attached hydrogens (tertiary/aromatic N) is 4. The molecule has 0 bridgehead atoms. The summed E-state index contributed by atoms with van der Waals surface area (Å²) in [6.45, 7) is 0. The van der Waals surface area contributed by atoms with Crippen molar-refractivity contribution in [3.63, 3.8) is 0 Å². The Kier molecular flexibility index (Phi) is 7.42. The summed E-state index contributed by atoms with van der Waals surface area (Å²) in [6, 6.07) is 68.6. The molecule has 7 aromatic carbocycles. The average molecular weight is 725 g/mol. The molecule has 11 rings (SSSR count). The molecule has 0 radical (unpaired) electrons. The fraction of sp³-hybridized carbons (Fsp3) is 0.0189. The predicted molar refractivity (Wildman–Crippen MR) is 228 cm³/mol. The van der Waals surface area contributed by atoms with Crippen LogP contribution in [0.1, 0.15) is 27.8 Å². The van der Waals surface area contributed by atoms with E-state index in [1.807, 2.05) is 48.7 Å². The first-order chi connectivity index (χ1) is 28.2. The van der Waals surface area contributed by atoms with Gasteiger partial charge >= 0.3 is 0 Å². The monoisotopic (exact) mass is 724 g/mol. The van der Waals surface area contributed by atoms with E-state index >= 15 is 0 Å². The predicted octanol–water partition coefficient (Wildman–Crippen LogP) is 12.4. The maximum absolute atomic E-state index is 9.56. The van der Waals surface area contributed by atoms with Crippen molar-refractivity contribution < 1.29 is 0 Å². The second kappa shape index (κ2) is 12.9. The van der Waals surface area contributed by atoms with Crippen LogP contribution < -0.4 is 0 Å². The van der Waals surface area contributed by atoms with Gasteiger partial charge in [0.1, 0.15) is 0 Å². The average Bonchev–Trinajstić information content (AvgIpc) is 3.54. The Morgan fingerprint density at radius 3 is 1.40 bits per heavy atom. The Bertz CT molecular complexity index is 3020. The van der Waals surface area contributed by atoms with Gasteiger partial charge in [-0.3, -0.25) is 4.98 Å². The second-order valence-electron chi connectivity index (χ2n) is 14.6. The number of fused-ring (bicyclic) bond motifs is 12. The smallest absolute Gasteiger partial charge is 0.160 e. The molecule has 0 amide bonds. The third-order valence-electron chi connectivity index (χ3n) is 11.6. The van der Waals surface area contributed by atoms with Gasteiger partial charge in [0.2, 0.25) is 0 Å². The Morgan fingerprint density at radius 1 is 0.368 bits per heavy atom. The van der Waals surface area contributed by atoms with Crippen molar-refractivity contribution in [3.05, 3.63) is 222 Å². The number of aromatic nitrogens is 3. The maximum Gasteiger partial charge on any atom is 0.160 e. The molecule has 2 aliphatic rings. The van der Waals surface area contributed by atoms with Crippen LogP contribution in [0, 0.1) is 11.3 Å². The van der Waals surface area contributed by atoms with Gasteiger partial charge in [-0.15, -0.1) is 0 Å². The molecule has 0 fully saturated rings. The molecule has 1 spiro atoms. The topological polar surface area (TPSA) is 62.5 Å². The Balaban J connectivity index is 1.18. The Morgan fingerprint density at radius 2 is 0.825 bits per heavy atom. The van der Waals surface area contributed by atoms with Gasteiger partial charge in [-0.1, -0.05) is 152 Å². The van der Waals surface area contributed by atoms with Gasteiger partial charge in [-0.25, -0.2) is 9.97 Å².